The fourth-order valence-corrected chi connectivity index (χ4v) is 2.83. The van der Waals surface area contributed by atoms with Gasteiger partial charge in [0.2, 0.25) is 0 Å². The van der Waals surface area contributed by atoms with Gasteiger partial charge in [0.1, 0.15) is 12.4 Å². The molecule has 2 aromatic rings. The van der Waals surface area contributed by atoms with Gasteiger partial charge in [-0.05, 0) is 49.4 Å². The number of aromatic nitrogens is 1. The van der Waals surface area contributed by atoms with E-state index in [1.165, 1.54) is 31.5 Å². The van der Waals surface area contributed by atoms with E-state index < -0.39 is 11.7 Å². The summed E-state index contributed by atoms with van der Waals surface area (Å²) in [6, 6.07) is 12.0. The van der Waals surface area contributed by atoms with E-state index in [0.717, 1.165) is 28.7 Å². The number of benzene rings is 1. The Balaban J connectivity index is 1.53. The van der Waals surface area contributed by atoms with Crippen LogP contribution in [-0.2, 0) is 11.3 Å². The molecule has 0 amide bonds. The summed E-state index contributed by atoms with van der Waals surface area (Å²) in [6.45, 7) is 0.115. The molecule has 0 aliphatic heterocycles. The summed E-state index contributed by atoms with van der Waals surface area (Å²) in [4.78, 5) is 23.4. The fraction of sp³-hybridized carbons (Fsp3) is 0.368. The van der Waals surface area contributed by atoms with Crippen molar-refractivity contribution < 1.29 is 14.3 Å². The molecule has 0 N–H and O–H groups in total. The SMILES string of the molecule is O=C(OCc1ccc(OC2CCCCC2)cc1)n1ccccc1=O. The largest absolute Gasteiger partial charge is 0.490 e. The Morgan fingerprint density at radius 1 is 1.04 bits per heavy atom. The van der Waals surface area contributed by atoms with Crippen LogP contribution in [0.5, 0.6) is 5.75 Å². The molecule has 0 unspecified atom stereocenters. The van der Waals surface area contributed by atoms with E-state index in [1.807, 2.05) is 24.3 Å². The van der Waals surface area contributed by atoms with Crippen LogP contribution in [0.15, 0.2) is 53.5 Å². The average Bonchev–Trinajstić information content (AvgIpc) is 2.62. The third kappa shape index (κ3) is 4.25. The zero-order valence-electron chi connectivity index (χ0n) is 13.5. The fourth-order valence-electron chi connectivity index (χ4n) is 2.83. The smallest absolute Gasteiger partial charge is 0.421 e. The number of carbonyl (C=O) groups excluding carboxylic acids is 1. The third-order valence-corrected chi connectivity index (χ3v) is 4.16. The second kappa shape index (κ2) is 7.81. The highest BCUT2D eigenvalue weighted by Gasteiger charge is 2.14. The quantitative estimate of drug-likeness (QED) is 0.858. The summed E-state index contributed by atoms with van der Waals surface area (Å²) in [5.74, 6) is 0.844. The zero-order valence-corrected chi connectivity index (χ0v) is 13.5. The molecule has 1 aliphatic carbocycles. The van der Waals surface area contributed by atoms with Crippen LogP contribution in [0.1, 0.15) is 37.7 Å². The van der Waals surface area contributed by atoms with Gasteiger partial charge in [-0.1, -0.05) is 24.6 Å². The van der Waals surface area contributed by atoms with Crippen molar-refractivity contribution in [2.24, 2.45) is 0 Å². The minimum absolute atomic E-state index is 0.115. The molecular formula is C19H21NO4. The molecule has 126 valence electrons. The Morgan fingerprint density at radius 2 is 1.79 bits per heavy atom. The van der Waals surface area contributed by atoms with Gasteiger partial charge >= 0.3 is 6.09 Å². The Morgan fingerprint density at radius 3 is 2.50 bits per heavy atom. The molecule has 0 atom stereocenters. The number of rotatable bonds is 4. The number of nitrogens with zero attached hydrogens (tertiary/aromatic N) is 1. The van der Waals surface area contributed by atoms with Gasteiger partial charge in [-0.25, -0.2) is 9.36 Å². The molecule has 1 aliphatic rings. The maximum atomic E-state index is 11.9. The van der Waals surface area contributed by atoms with E-state index in [1.54, 1.807) is 12.1 Å². The van der Waals surface area contributed by atoms with Crippen LogP contribution < -0.4 is 10.3 Å². The van der Waals surface area contributed by atoms with Gasteiger partial charge in [0.15, 0.2) is 0 Å². The summed E-state index contributed by atoms with van der Waals surface area (Å²) in [6.07, 6.45) is 7.03. The van der Waals surface area contributed by atoms with Crippen molar-refractivity contribution in [3.05, 3.63) is 64.6 Å². The first kappa shape index (κ1) is 16.3. The molecule has 0 spiro atoms. The summed E-state index contributed by atoms with van der Waals surface area (Å²) in [7, 11) is 0. The Kier molecular flexibility index (Phi) is 5.31. The van der Waals surface area contributed by atoms with Crippen LogP contribution in [0.25, 0.3) is 0 Å². The van der Waals surface area contributed by atoms with E-state index in [4.69, 9.17) is 9.47 Å². The molecule has 5 nitrogen and oxygen atoms in total. The van der Waals surface area contributed by atoms with Crippen LogP contribution in [0, 0.1) is 0 Å². The molecule has 24 heavy (non-hydrogen) atoms. The average molecular weight is 327 g/mol. The first-order valence-electron chi connectivity index (χ1n) is 8.33. The van der Waals surface area contributed by atoms with Crippen LogP contribution in [0.3, 0.4) is 0 Å². The van der Waals surface area contributed by atoms with Gasteiger partial charge in [-0.15, -0.1) is 0 Å². The number of ether oxygens (including phenoxy) is 2. The number of pyridine rings is 1. The van der Waals surface area contributed by atoms with Gasteiger partial charge < -0.3 is 9.47 Å². The van der Waals surface area contributed by atoms with Crippen LogP contribution in [-0.4, -0.2) is 16.8 Å². The van der Waals surface area contributed by atoms with Crippen LogP contribution in [0.4, 0.5) is 4.79 Å². The van der Waals surface area contributed by atoms with E-state index in [0.29, 0.717) is 6.10 Å². The third-order valence-electron chi connectivity index (χ3n) is 4.16. The van der Waals surface area contributed by atoms with E-state index in [9.17, 15) is 9.59 Å². The lowest BCUT2D eigenvalue weighted by molar-refractivity contribution is 0.140. The van der Waals surface area contributed by atoms with Gasteiger partial charge in [-0.3, -0.25) is 4.79 Å². The van der Waals surface area contributed by atoms with Gasteiger partial charge in [0, 0.05) is 12.3 Å². The summed E-state index contributed by atoms with van der Waals surface area (Å²) in [5, 5.41) is 0. The normalized spacial score (nSPS) is 15.0. The molecule has 1 saturated carbocycles. The first-order valence-corrected chi connectivity index (χ1v) is 8.33. The van der Waals surface area contributed by atoms with E-state index in [-0.39, 0.29) is 6.61 Å². The highest BCUT2D eigenvalue weighted by molar-refractivity contribution is 5.70. The molecule has 5 heteroatoms. The molecule has 0 saturated heterocycles. The minimum Gasteiger partial charge on any atom is -0.490 e. The van der Waals surface area contributed by atoms with Gasteiger partial charge in [-0.2, -0.15) is 0 Å². The molecular weight excluding hydrogens is 306 g/mol. The molecule has 1 heterocycles. The van der Waals surface area contributed by atoms with Crippen molar-refractivity contribution in [1.82, 2.24) is 4.57 Å². The lowest BCUT2D eigenvalue weighted by Gasteiger charge is -2.23. The van der Waals surface area contributed by atoms with Crippen molar-refractivity contribution in [2.75, 3.05) is 0 Å². The monoisotopic (exact) mass is 327 g/mol. The van der Waals surface area contributed by atoms with Gasteiger partial charge in [0.05, 0.1) is 6.10 Å². The Labute approximate surface area is 140 Å². The number of hydrogen-bond donors (Lipinski definition) is 0. The molecule has 3 rings (SSSR count). The van der Waals surface area contributed by atoms with Crippen molar-refractivity contribution in [1.29, 1.82) is 0 Å². The predicted molar refractivity (Wildman–Crippen MR) is 90.2 cm³/mol. The molecule has 0 radical (unpaired) electrons. The van der Waals surface area contributed by atoms with Crippen molar-refractivity contribution in [3.8, 4) is 5.75 Å². The molecule has 1 aromatic heterocycles. The van der Waals surface area contributed by atoms with Crippen molar-refractivity contribution in [3.63, 3.8) is 0 Å². The van der Waals surface area contributed by atoms with E-state index in [2.05, 4.69) is 0 Å². The predicted octanol–water partition coefficient (Wildman–Crippen LogP) is 3.74. The first-order chi connectivity index (χ1) is 11.7. The van der Waals surface area contributed by atoms with Crippen molar-refractivity contribution in [2.45, 2.75) is 44.8 Å². The molecule has 0 bridgehead atoms. The highest BCUT2D eigenvalue weighted by Crippen LogP contribution is 2.23. The second-order valence-corrected chi connectivity index (χ2v) is 5.99. The highest BCUT2D eigenvalue weighted by atomic mass is 16.5. The van der Waals surface area contributed by atoms with Crippen LogP contribution >= 0.6 is 0 Å². The molecule has 1 aromatic carbocycles. The second-order valence-electron chi connectivity index (χ2n) is 5.99. The number of carbonyl (C=O) groups is 1. The maximum absolute atomic E-state index is 11.9. The summed E-state index contributed by atoms with van der Waals surface area (Å²) in [5.41, 5.74) is 0.446. The topological polar surface area (TPSA) is 57.5 Å². The molecule has 1 fully saturated rings. The Bertz CT molecular complexity index is 730. The van der Waals surface area contributed by atoms with Gasteiger partial charge in [0.25, 0.3) is 5.56 Å². The minimum atomic E-state index is -0.678. The van der Waals surface area contributed by atoms with E-state index >= 15 is 0 Å². The lowest BCUT2D eigenvalue weighted by Crippen LogP contribution is -2.26. The number of hydrogen-bond acceptors (Lipinski definition) is 4. The maximum Gasteiger partial charge on any atom is 0.421 e. The van der Waals surface area contributed by atoms with Crippen molar-refractivity contribution >= 4 is 6.09 Å². The summed E-state index contributed by atoms with van der Waals surface area (Å²) < 4.78 is 12.1. The standard InChI is InChI=1S/C19H21NO4/c21-18-8-4-5-13-20(18)19(22)23-14-15-9-11-17(12-10-15)24-16-6-2-1-3-7-16/h4-5,8-13,16H,1-3,6-7,14H2. The zero-order chi connectivity index (χ0) is 16.8. The van der Waals surface area contributed by atoms with Crippen LogP contribution in [0.2, 0.25) is 0 Å². The Hall–Kier alpha value is -2.56. The summed E-state index contributed by atoms with van der Waals surface area (Å²) >= 11 is 0. The lowest BCUT2D eigenvalue weighted by atomic mass is 9.98.